The number of unbranched alkanes of at least 4 members (excludes halogenated alkanes) is 1. The van der Waals surface area contributed by atoms with Crippen LogP contribution >= 0.6 is 0 Å². The van der Waals surface area contributed by atoms with Gasteiger partial charge in [0.05, 0.1) is 0 Å². The molecular weight excluding hydrogens is 486 g/mol. The molecule has 0 heterocycles. The van der Waals surface area contributed by atoms with E-state index in [4.69, 9.17) is 0 Å². The molecule has 6 heteroatoms. The van der Waals surface area contributed by atoms with Crippen LogP contribution in [0.4, 0.5) is 17.1 Å². The van der Waals surface area contributed by atoms with Crippen LogP contribution in [0.1, 0.15) is 119 Å². The maximum atomic E-state index is 13.2. The Morgan fingerprint density at radius 1 is 0.641 bits per heavy atom. The molecule has 0 unspecified atom stereocenters. The highest BCUT2D eigenvalue weighted by Gasteiger charge is 2.33. The first-order valence-electron chi connectivity index (χ1n) is 15.3. The van der Waals surface area contributed by atoms with Gasteiger partial charge in [-0.25, -0.2) is 0 Å². The van der Waals surface area contributed by atoms with E-state index in [9.17, 15) is 14.4 Å². The molecule has 3 N–H and O–H groups in total. The van der Waals surface area contributed by atoms with Gasteiger partial charge in [-0.2, -0.15) is 0 Å². The molecule has 3 amide bonds. The molecule has 0 aromatic heterocycles. The molecule has 2 aliphatic rings. The summed E-state index contributed by atoms with van der Waals surface area (Å²) in [5.74, 6) is 1.25. The molecule has 39 heavy (non-hydrogen) atoms. The maximum Gasteiger partial charge on any atom is 0.227 e. The summed E-state index contributed by atoms with van der Waals surface area (Å²) in [7, 11) is 0. The highest BCUT2D eigenvalue weighted by Crippen LogP contribution is 2.41. The molecule has 0 bridgehead atoms. The van der Waals surface area contributed by atoms with E-state index in [1.807, 2.05) is 6.07 Å². The van der Waals surface area contributed by atoms with Crippen LogP contribution in [0, 0.1) is 34.5 Å². The van der Waals surface area contributed by atoms with Gasteiger partial charge in [-0.1, -0.05) is 54.9 Å². The molecule has 6 nitrogen and oxygen atoms in total. The van der Waals surface area contributed by atoms with Gasteiger partial charge < -0.3 is 16.0 Å². The SMILES string of the molecule is CCCCC(=O)Nc1cc(NC(=O)C2CCC(C(C)(C)C)CC2)cc(NC(=O)C2CCC(C(C)(C)C)CC2)c1. The lowest BCUT2D eigenvalue weighted by molar-refractivity contribution is -0.122. The predicted octanol–water partition coefficient (Wildman–Crippen LogP) is 8.40. The van der Waals surface area contributed by atoms with Gasteiger partial charge in [0.1, 0.15) is 0 Å². The number of hydrogen-bond donors (Lipinski definition) is 3. The quantitative estimate of drug-likeness (QED) is 0.310. The minimum absolute atomic E-state index is 0.0116. The van der Waals surface area contributed by atoms with Gasteiger partial charge in [0.2, 0.25) is 17.7 Å². The van der Waals surface area contributed by atoms with E-state index in [2.05, 4.69) is 64.4 Å². The van der Waals surface area contributed by atoms with Crippen molar-refractivity contribution in [2.45, 2.75) is 119 Å². The fraction of sp³-hybridized carbons (Fsp3) is 0.727. The van der Waals surface area contributed by atoms with Gasteiger partial charge in [-0.3, -0.25) is 14.4 Å². The number of carbonyl (C=O) groups is 3. The third kappa shape index (κ3) is 9.36. The summed E-state index contributed by atoms with van der Waals surface area (Å²) >= 11 is 0. The van der Waals surface area contributed by atoms with Crippen molar-refractivity contribution in [3.63, 3.8) is 0 Å². The molecule has 218 valence electrons. The number of nitrogens with one attached hydrogen (secondary N) is 3. The van der Waals surface area contributed by atoms with Crippen molar-refractivity contribution in [1.29, 1.82) is 0 Å². The first-order valence-corrected chi connectivity index (χ1v) is 15.3. The van der Waals surface area contributed by atoms with E-state index in [-0.39, 0.29) is 40.4 Å². The number of hydrogen-bond acceptors (Lipinski definition) is 3. The molecule has 1 aromatic rings. The summed E-state index contributed by atoms with van der Waals surface area (Å²) in [5, 5.41) is 9.16. The molecule has 3 rings (SSSR count). The molecule has 1 aromatic carbocycles. The minimum atomic E-state index is -0.0568. The predicted molar refractivity (Wildman–Crippen MR) is 162 cm³/mol. The van der Waals surface area contributed by atoms with Gasteiger partial charge in [-0.15, -0.1) is 0 Å². The lowest BCUT2D eigenvalue weighted by Crippen LogP contribution is -2.32. The fourth-order valence-corrected chi connectivity index (χ4v) is 6.34. The average Bonchev–Trinajstić information content (AvgIpc) is 2.86. The fourth-order valence-electron chi connectivity index (χ4n) is 6.34. The highest BCUT2D eigenvalue weighted by atomic mass is 16.2. The van der Waals surface area contributed by atoms with Crippen LogP contribution in [0.2, 0.25) is 0 Å². The Hall–Kier alpha value is -2.37. The Morgan fingerprint density at radius 3 is 1.33 bits per heavy atom. The highest BCUT2D eigenvalue weighted by molar-refractivity contribution is 5.98. The van der Waals surface area contributed by atoms with Crippen LogP contribution < -0.4 is 16.0 Å². The monoisotopic (exact) mass is 539 g/mol. The average molecular weight is 540 g/mol. The summed E-state index contributed by atoms with van der Waals surface area (Å²) in [6, 6.07) is 5.42. The topological polar surface area (TPSA) is 87.3 Å². The van der Waals surface area contributed by atoms with Crippen LogP contribution in [-0.4, -0.2) is 17.7 Å². The van der Waals surface area contributed by atoms with E-state index >= 15 is 0 Å². The molecule has 2 saturated carbocycles. The molecule has 0 spiro atoms. The number of anilines is 3. The zero-order chi connectivity index (χ0) is 28.8. The molecule has 0 saturated heterocycles. The number of carbonyl (C=O) groups excluding carboxylic acids is 3. The van der Waals surface area contributed by atoms with Crippen LogP contribution in [0.25, 0.3) is 0 Å². The lowest BCUT2D eigenvalue weighted by atomic mass is 9.69. The number of rotatable bonds is 8. The summed E-state index contributed by atoms with van der Waals surface area (Å²) in [6.45, 7) is 15.7. The Kier molecular flexibility index (Phi) is 10.6. The Balaban J connectivity index is 1.69. The summed E-state index contributed by atoms with van der Waals surface area (Å²) in [6.07, 6.45) is 10.0. The van der Waals surface area contributed by atoms with Crippen molar-refractivity contribution in [2.24, 2.45) is 34.5 Å². The number of benzene rings is 1. The van der Waals surface area contributed by atoms with Crippen LogP contribution in [-0.2, 0) is 14.4 Å². The zero-order valence-corrected chi connectivity index (χ0v) is 25.5. The third-order valence-electron chi connectivity index (χ3n) is 9.15. The standard InChI is InChI=1S/C33H53N3O3/c1-8-9-10-29(37)34-26-19-27(35-30(38)22-11-15-24(16-12-22)32(2,3)4)21-28(20-26)36-31(39)23-13-17-25(18-14-23)33(5,6)7/h19-25H,8-18H2,1-7H3,(H,34,37)(H,35,38)(H,36,39). The van der Waals surface area contributed by atoms with Gasteiger partial charge >= 0.3 is 0 Å². The van der Waals surface area contributed by atoms with Crippen molar-refractivity contribution in [2.75, 3.05) is 16.0 Å². The van der Waals surface area contributed by atoms with Gasteiger partial charge in [-0.05, 0) is 98.7 Å². The van der Waals surface area contributed by atoms with Crippen molar-refractivity contribution < 1.29 is 14.4 Å². The second kappa shape index (κ2) is 13.3. The number of amides is 3. The molecule has 2 fully saturated rings. The van der Waals surface area contributed by atoms with Crippen LogP contribution in [0.5, 0.6) is 0 Å². The van der Waals surface area contributed by atoms with Crippen LogP contribution in [0.3, 0.4) is 0 Å². The summed E-state index contributed by atoms with van der Waals surface area (Å²) in [4.78, 5) is 38.9. The van der Waals surface area contributed by atoms with E-state index in [0.717, 1.165) is 64.2 Å². The van der Waals surface area contributed by atoms with Crippen molar-refractivity contribution in [3.05, 3.63) is 18.2 Å². The zero-order valence-electron chi connectivity index (χ0n) is 25.5. The molecule has 0 aliphatic heterocycles. The Labute approximate surface area is 236 Å². The van der Waals surface area contributed by atoms with E-state index in [1.54, 1.807) is 12.1 Å². The molecular formula is C33H53N3O3. The first kappa shape index (κ1) is 31.2. The van der Waals surface area contributed by atoms with Gasteiger partial charge in [0.15, 0.2) is 0 Å². The van der Waals surface area contributed by atoms with Crippen molar-refractivity contribution in [1.82, 2.24) is 0 Å². The minimum Gasteiger partial charge on any atom is -0.326 e. The lowest BCUT2D eigenvalue weighted by Gasteiger charge is -2.36. The summed E-state index contributed by atoms with van der Waals surface area (Å²) < 4.78 is 0. The summed E-state index contributed by atoms with van der Waals surface area (Å²) in [5.41, 5.74) is 2.35. The van der Waals surface area contributed by atoms with Gasteiger partial charge in [0, 0.05) is 35.3 Å². The Morgan fingerprint density at radius 2 is 1.00 bits per heavy atom. The van der Waals surface area contributed by atoms with E-state index in [0.29, 0.717) is 35.3 Å². The maximum absolute atomic E-state index is 13.2. The largest absolute Gasteiger partial charge is 0.326 e. The normalized spacial score (nSPS) is 24.1. The molecule has 0 radical (unpaired) electrons. The Bertz CT molecular complexity index is 922. The second-order valence-electron chi connectivity index (χ2n) is 14.3. The third-order valence-corrected chi connectivity index (χ3v) is 9.15. The van der Waals surface area contributed by atoms with Gasteiger partial charge in [0.25, 0.3) is 0 Å². The van der Waals surface area contributed by atoms with E-state index < -0.39 is 0 Å². The van der Waals surface area contributed by atoms with Crippen molar-refractivity contribution >= 4 is 34.8 Å². The molecule has 2 aliphatic carbocycles. The van der Waals surface area contributed by atoms with E-state index in [1.165, 1.54) is 0 Å². The smallest absolute Gasteiger partial charge is 0.227 e. The van der Waals surface area contributed by atoms with Crippen LogP contribution in [0.15, 0.2) is 18.2 Å². The van der Waals surface area contributed by atoms with Crippen molar-refractivity contribution in [3.8, 4) is 0 Å². The molecule has 0 atom stereocenters. The first-order chi connectivity index (χ1) is 18.3. The second-order valence-corrected chi connectivity index (χ2v) is 14.3.